The molecule has 5 nitrogen and oxygen atoms in total. The quantitative estimate of drug-likeness (QED) is 0.698. The third kappa shape index (κ3) is 2.47. The number of carbonyl (C=O) groups is 2. The predicted octanol–water partition coefficient (Wildman–Crippen LogP) is 3.84. The van der Waals surface area contributed by atoms with Crippen molar-refractivity contribution < 1.29 is 9.59 Å². The van der Waals surface area contributed by atoms with Gasteiger partial charge in [-0.3, -0.25) is 9.59 Å². The summed E-state index contributed by atoms with van der Waals surface area (Å²) in [5, 5.41) is 4.88. The molecule has 2 amide bonds. The predicted molar refractivity (Wildman–Crippen MR) is 108 cm³/mol. The molecule has 0 saturated carbocycles. The van der Waals surface area contributed by atoms with Gasteiger partial charge in [0, 0.05) is 13.1 Å². The molecule has 3 heterocycles. The van der Waals surface area contributed by atoms with Crippen molar-refractivity contribution in [3.05, 3.63) is 63.6 Å². The number of hydrazine groups is 1. The lowest BCUT2D eigenvalue weighted by molar-refractivity contribution is -0.126. The fourth-order valence-electron chi connectivity index (χ4n) is 4.80. The highest BCUT2D eigenvalue weighted by Crippen LogP contribution is 2.50. The number of aryl methyl sites for hydroxylation is 1. The summed E-state index contributed by atoms with van der Waals surface area (Å²) in [6.45, 7) is 3.65. The minimum Gasteiger partial charge on any atom is -0.274 e. The van der Waals surface area contributed by atoms with Gasteiger partial charge in [0.2, 0.25) is 5.91 Å². The number of para-hydroxylation sites is 1. The summed E-state index contributed by atoms with van der Waals surface area (Å²) in [4.78, 5) is 28.1. The minimum atomic E-state index is -0.506. The van der Waals surface area contributed by atoms with Crippen molar-refractivity contribution in [3.63, 3.8) is 0 Å². The first kappa shape index (κ1) is 18.1. The fourth-order valence-corrected chi connectivity index (χ4v) is 5.37. The van der Waals surface area contributed by atoms with E-state index in [4.69, 9.17) is 23.2 Å². The smallest absolute Gasteiger partial charge is 0.253 e. The molecule has 3 fully saturated rings. The van der Waals surface area contributed by atoms with Crippen LogP contribution in [0.2, 0.25) is 10.0 Å². The van der Waals surface area contributed by atoms with Crippen LogP contribution in [0.25, 0.3) is 0 Å². The summed E-state index contributed by atoms with van der Waals surface area (Å²) in [7, 11) is 0. The Kier molecular flexibility index (Phi) is 4.25. The van der Waals surface area contributed by atoms with Crippen molar-refractivity contribution in [1.82, 2.24) is 10.0 Å². The highest BCUT2D eigenvalue weighted by molar-refractivity contribution is 6.42. The van der Waals surface area contributed by atoms with E-state index in [0.29, 0.717) is 15.7 Å². The maximum absolute atomic E-state index is 13.5. The second-order valence-corrected chi connectivity index (χ2v) is 8.40. The van der Waals surface area contributed by atoms with Crippen molar-refractivity contribution >= 4 is 40.7 Å². The van der Waals surface area contributed by atoms with Gasteiger partial charge in [0.1, 0.15) is 6.04 Å². The number of nitrogens with zero attached hydrogens (tertiary/aromatic N) is 3. The van der Waals surface area contributed by atoms with Gasteiger partial charge in [-0.2, -0.15) is 0 Å². The lowest BCUT2D eigenvalue weighted by Crippen LogP contribution is -2.44. The van der Waals surface area contributed by atoms with E-state index in [1.165, 1.54) is 4.90 Å². The molecule has 0 aliphatic carbocycles. The number of halogens is 2. The molecule has 5 rings (SSSR count). The zero-order valence-electron chi connectivity index (χ0n) is 15.3. The molecule has 3 atom stereocenters. The Labute approximate surface area is 173 Å². The van der Waals surface area contributed by atoms with Gasteiger partial charge in [-0.05, 0) is 31.0 Å². The molecule has 3 aliphatic heterocycles. The van der Waals surface area contributed by atoms with Crippen LogP contribution in [0.5, 0.6) is 0 Å². The molecule has 3 saturated heterocycles. The summed E-state index contributed by atoms with van der Waals surface area (Å²) in [5.41, 5.74) is 2.51. The summed E-state index contributed by atoms with van der Waals surface area (Å²) in [5.74, 6) is -0.945. The Hall–Kier alpha value is -1.92. The average Bonchev–Trinajstić information content (AvgIpc) is 3.30. The number of anilines is 1. The molecule has 2 aromatic carbocycles. The number of hydrogen-bond donors (Lipinski definition) is 0. The fraction of sp³-hybridized carbons (Fsp3) is 0.333. The molecule has 7 heteroatoms. The first-order valence-electron chi connectivity index (χ1n) is 9.40. The second-order valence-electron chi connectivity index (χ2n) is 7.59. The number of fused-ring (bicyclic) bond motifs is 3. The van der Waals surface area contributed by atoms with E-state index in [1.54, 1.807) is 18.2 Å². The molecule has 28 heavy (non-hydrogen) atoms. The lowest BCUT2D eigenvalue weighted by atomic mass is 9.89. The van der Waals surface area contributed by atoms with E-state index in [9.17, 15) is 9.59 Å². The van der Waals surface area contributed by atoms with Crippen molar-refractivity contribution in [2.45, 2.75) is 25.4 Å². The van der Waals surface area contributed by atoms with Crippen LogP contribution in [-0.4, -0.2) is 41.0 Å². The zero-order valence-corrected chi connectivity index (χ0v) is 16.8. The molecule has 3 aliphatic rings. The van der Waals surface area contributed by atoms with Gasteiger partial charge in [-0.25, -0.2) is 14.9 Å². The summed E-state index contributed by atoms with van der Waals surface area (Å²) in [6, 6.07) is 12.6. The molecule has 0 spiro atoms. The van der Waals surface area contributed by atoms with E-state index in [-0.39, 0.29) is 17.9 Å². The van der Waals surface area contributed by atoms with Gasteiger partial charge in [-0.15, -0.1) is 0 Å². The van der Waals surface area contributed by atoms with E-state index < -0.39 is 12.0 Å². The number of hydrogen-bond acceptors (Lipinski definition) is 4. The first-order valence-corrected chi connectivity index (χ1v) is 10.2. The number of amides is 2. The third-order valence-electron chi connectivity index (χ3n) is 5.99. The Morgan fingerprint density at radius 2 is 1.46 bits per heavy atom. The van der Waals surface area contributed by atoms with Gasteiger partial charge < -0.3 is 0 Å². The normalized spacial score (nSPS) is 27.5. The molecule has 0 N–H and O–H groups in total. The number of rotatable bonds is 2. The molecule has 0 bridgehead atoms. The SMILES string of the molecule is Cc1ccc([C@@H]2[C@H]3C(=O)N(c4c(Cl)cccc4Cl)C(=O)[C@@H]3N3CCCN23)cc1. The number of imide groups is 1. The Balaban J connectivity index is 1.62. The second kappa shape index (κ2) is 6.56. The number of carbonyl (C=O) groups excluding carboxylic acids is 2. The van der Waals surface area contributed by atoms with Gasteiger partial charge in [-0.1, -0.05) is 59.1 Å². The topological polar surface area (TPSA) is 43.9 Å². The molecule has 0 unspecified atom stereocenters. The van der Waals surface area contributed by atoms with Crippen LogP contribution < -0.4 is 4.90 Å². The van der Waals surface area contributed by atoms with Crippen LogP contribution in [-0.2, 0) is 9.59 Å². The van der Waals surface area contributed by atoms with E-state index in [2.05, 4.69) is 22.2 Å². The zero-order chi connectivity index (χ0) is 19.6. The average molecular weight is 416 g/mol. The van der Waals surface area contributed by atoms with Gasteiger partial charge in [0.05, 0.1) is 27.7 Å². The van der Waals surface area contributed by atoms with E-state index in [0.717, 1.165) is 30.6 Å². The largest absolute Gasteiger partial charge is 0.274 e. The van der Waals surface area contributed by atoms with Crippen LogP contribution in [0.4, 0.5) is 5.69 Å². The molecule has 2 aromatic rings. The maximum Gasteiger partial charge on any atom is 0.253 e. The van der Waals surface area contributed by atoms with E-state index in [1.807, 2.05) is 19.1 Å². The molecule has 0 radical (unpaired) electrons. The molecular weight excluding hydrogens is 397 g/mol. The Morgan fingerprint density at radius 1 is 0.857 bits per heavy atom. The van der Waals surface area contributed by atoms with Crippen molar-refractivity contribution in [2.24, 2.45) is 5.92 Å². The van der Waals surface area contributed by atoms with Crippen LogP contribution in [0.1, 0.15) is 23.6 Å². The van der Waals surface area contributed by atoms with E-state index >= 15 is 0 Å². The summed E-state index contributed by atoms with van der Waals surface area (Å²) in [6.07, 6.45) is 0.972. The highest BCUT2D eigenvalue weighted by Gasteiger charge is 2.63. The lowest BCUT2D eigenvalue weighted by Gasteiger charge is -2.30. The molecule has 0 aromatic heterocycles. The van der Waals surface area contributed by atoms with Crippen molar-refractivity contribution in [1.29, 1.82) is 0 Å². The van der Waals surface area contributed by atoms with Gasteiger partial charge >= 0.3 is 0 Å². The number of benzene rings is 2. The van der Waals surface area contributed by atoms with Gasteiger partial charge in [0.15, 0.2) is 0 Å². The maximum atomic E-state index is 13.5. The minimum absolute atomic E-state index is 0.157. The highest BCUT2D eigenvalue weighted by atomic mass is 35.5. The summed E-state index contributed by atoms with van der Waals surface area (Å²) < 4.78 is 0. The van der Waals surface area contributed by atoms with Gasteiger partial charge in [0.25, 0.3) is 5.91 Å². The molecular formula is C21H19Cl2N3O2. The van der Waals surface area contributed by atoms with Crippen molar-refractivity contribution in [3.8, 4) is 0 Å². The van der Waals surface area contributed by atoms with Crippen molar-refractivity contribution in [2.75, 3.05) is 18.0 Å². The molecule has 144 valence electrons. The Morgan fingerprint density at radius 3 is 2.11 bits per heavy atom. The Bertz CT molecular complexity index is 958. The monoisotopic (exact) mass is 415 g/mol. The van der Waals surface area contributed by atoms with Crippen LogP contribution in [0, 0.1) is 12.8 Å². The standard InChI is InChI=1S/C21H19Cl2N3O2/c1-12-6-8-13(9-7-12)17-16-19(25-11-3-10-24(17)25)21(28)26(20(16)27)18-14(22)4-2-5-15(18)23/h2,4-9,16-17,19H,3,10-11H2,1H3/t16-,17-,19-/m1/s1. The van der Waals surface area contributed by atoms with Crippen LogP contribution in [0.3, 0.4) is 0 Å². The third-order valence-corrected chi connectivity index (χ3v) is 6.60. The summed E-state index contributed by atoms with van der Waals surface area (Å²) >= 11 is 12.6. The van der Waals surface area contributed by atoms with Crippen LogP contribution in [0.15, 0.2) is 42.5 Å². The van der Waals surface area contributed by atoms with Crippen LogP contribution >= 0.6 is 23.2 Å². The first-order chi connectivity index (χ1) is 13.5.